The standard InChI is InChI=1S/C60H48N4O/c1-5-41-35-58(61-39-53(41)44-23-13-8-14-24-44)64-54-34-31-45(60(2,3)4)36-52(54)51-33-32-48(38-57(51)64)65-47-26-17-25-46(37-47)62-40-63(56-30-16-15-29-55(56)62)59-49(42-19-9-6-10-20-42)27-18-28-50(59)43-21-11-7-12-22-43/h6-39H,5H2,1-4H3/i5D2,6D,7D,9D,10D,11D,12D,19D,20D,21D,22D. The Labute approximate surface area is 397 Å². The Kier molecular flexibility index (Phi) is 7.17. The van der Waals surface area contributed by atoms with Crippen LogP contribution in [0.1, 0.15) is 55.3 Å². The van der Waals surface area contributed by atoms with E-state index in [1.165, 1.54) is 0 Å². The fraction of sp³-hybridized carbons (Fsp3) is 0.100. The van der Waals surface area contributed by atoms with Crippen LogP contribution in [0, 0.1) is 6.33 Å². The molecule has 5 nitrogen and oxygen atoms in total. The van der Waals surface area contributed by atoms with Crippen LogP contribution in [0.15, 0.2) is 206 Å². The van der Waals surface area contributed by atoms with Gasteiger partial charge in [0.15, 0.2) is 0 Å². The minimum Gasteiger partial charge on any atom is -0.458 e. The van der Waals surface area contributed by atoms with Crippen molar-refractivity contribution in [2.24, 2.45) is 0 Å². The Morgan fingerprint density at radius 2 is 1.31 bits per heavy atom. The number of aromatic nitrogens is 4. The highest BCUT2D eigenvalue weighted by Crippen LogP contribution is 2.39. The van der Waals surface area contributed by atoms with Crippen LogP contribution in [0.25, 0.3) is 83.4 Å². The first kappa shape index (κ1) is 28.6. The fourth-order valence-corrected chi connectivity index (χ4v) is 8.60. The predicted octanol–water partition coefficient (Wildman–Crippen LogP) is 14.9. The maximum Gasteiger partial charge on any atom is 0.269 e. The molecule has 0 aliphatic rings. The number of pyridine rings is 1. The first-order chi connectivity index (χ1) is 36.6. The first-order valence-electron chi connectivity index (χ1n) is 27.3. The largest absolute Gasteiger partial charge is 0.458 e. The summed E-state index contributed by atoms with van der Waals surface area (Å²) < 4.78 is 117. The number of fused-ring (bicyclic) bond motifs is 4. The average Bonchev–Trinajstić information content (AvgIpc) is 4.12. The molecule has 0 radical (unpaired) electrons. The maximum absolute atomic E-state index is 9.05. The van der Waals surface area contributed by atoms with Crippen LogP contribution in [0.5, 0.6) is 11.5 Å². The Bertz CT molecular complexity index is 4090. The summed E-state index contributed by atoms with van der Waals surface area (Å²) in [6.07, 6.45) is 3.47. The minimum atomic E-state index is -1.71. The van der Waals surface area contributed by atoms with Crippen molar-refractivity contribution in [3.05, 3.63) is 224 Å². The third-order valence-electron chi connectivity index (χ3n) is 11.7. The smallest absolute Gasteiger partial charge is 0.269 e. The van der Waals surface area contributed by atoms with E-state index in [4.69, 9.17) is 26.2 Å². The van der Waals surface area contributed by atoms with E-state index in [-0.39, 0.29) is 33.4 Å². The number of benzene rings is 8. The molecule has 0 atom stereocenters. The number of nitrogens with zero attached hydrogens (tertiary/aromatic N) is 4. The first-order valence-corrected chi connectivity index (χ1v) is 21.3. The van der Waals surface area contributed by atoms with Crippen LogP contribution < -0.4 is 9.30 Å². The summed E-state index contributed by atoms with van der Waals surface area (Å²) in [6, 6.07) is 37.9. The third-order valence-corrected chi connectivity index (χ3v) is 11.7. The molecule has 0 saturated heterocycles. The zero-order valence-electron chi connectivity index (χ0n) is 48.1. The van der Waals surface area contributed by atoms with Crippen molar-refractivity contribution in [3.63, 3.8) is 0 Å². The van der Waals surface area contributed by atoms with Gasteiger partial charge in [0, 0.05) is 31.3 Å². The molecule has 0 amide bonds. The summed E-state index contributed by atoms with van der Waals surface area (Å²) in [6.45, 7) is 8.07. The highest BCUT2D eigenvalue weighted by Gasteiger charge is 2.22. The van der Waals surface area contributed by atoms with E-state index in [1.807, 2.05) is 102 Å². The number of imidazole rings is 1. The molecule has 8 aromatic carbocycles. The van der Waals surface area contributed by atoms with E-state index in [9.17, 15) is 0 Å². The van der Waals surface area contributed by atoms with E-state index >= 15 is 0 Å². The van der Waals surface area contributed by atoms with Crippen LogP contribution in [-0.2, 0) is 11.8 Å². The number of rotatable bonds is 9. The number of ether oxygens (including phenoxy) is 1. The SMILES string of the molecule is [2H]c1c([2H])c([2H])c(-c2cccc(-c3c([2H])c([2H])c([2H])c([2H])c3[2H])c2-[n+]2[c-]n(-c3cccc(Oc4ccc5c6cc(C(C)(C)C)ccc6n(-c6cc(C([2H])([2H])C)c(-c7ccccc7)cn6)c5c4)c3)c3ccccc32)c([2H])c1[2H]. The van der Waals surface area contributed by atoms with Gasteiger partial charge in [0.1, 0.15) is 17.3 Å². The molecule has 65 heavy (non-hydrogen) atoms. The Hall–Kier alpha value is -8.02. The van der Waals surface area contributed by atoms with E-state index in [2.05, 4.69) is 45.3 Å². The highest BCUT2D eigenvalue weighted by atomic mass is 16.5. The lowest BCUT2D eigenvalue weighted by atomic mass is 9.86. The quantitative estimate of drug-likeness (QED) is 0.107. The van der Waals surface area contributed by atoms with E-state index < -0.39 is 66.8 Å². The minimum absolute atomic E-state index is 0.139. The van der Waals surface area contributed by atoms with Gasteiger partial charge >= 0.3 is 0 Å². The second-order valence-electron chi connectivity index (χ2n) is 16.8. The number of para-hydroxylation sites is 3. The van der Waals surface area contributed by atoms with Crippen molar-refractivity contribution in [2.45, 2.75) is 39.5 Å². The normalized spacial score (nSPS) is 14.6. The van der Waals surface area contributed by atoms with Crippen molar-refractivity contribution in [3.8, 4) is 62.1 Å². The van der Waals surface area contributed by atoms with Crippen molar-refractivity contribution in [2.75, 3.05) is 0 Å². The van der Waals surface area contributed by atoms with Gasteiger partial charge in [0.25, 0.3) is 6.33 Å². The predicted molar refractivity (Wildman–Crippen MR) is 267 cm³/mol. The van der Waals surface area contributed by atoms with Gasteiger partial charge in [-0.15, -0.1) is 0 Å². The highest BCUT2D eigenvalue weighted by molar-refractivity contribution is 6.10. The second kappa shape index (κ2) is 16.3. The molecule has 0 N–H and O–H groups in total. The molecule has 0 saturated carbocycles. The Balaban J connectivity index is 1.07. The van der Waals surface area contributed by atoms with E-state index in [0.29, 0.717) is 45.2 Å². The lowest BCUT2D eigenvalue weighted by Gasteiger charge is -2.19. The van der Waals surface area contributed by atoms with Crippen LogP contribution in [0.3, 0.4) is 0 Å². The monoisotopic (exact) mass is 852 g/mol. The molecule has 314 valence electrons. The molecule has 5 heteroatoms. The van der Waals surface area contributed by atoms with Gasteiger partial charge < -0.3 is 4.74 Å². The van der Waals surface area contributed by atoms with Crippen molar-refractivity contribution in [1.29, 1.82) is 0 Å². The topological polar surface area (TPSA) is 35.9 Å². The Morgan fingerprint density at radius 1 is 0.615 bits per heavy atom. The van der Waals surface area contributed by atoms with Gasteiger partial charge in [0.2, 0.25) is 0 Å². The van der Waals surface area contributed by atoms with E-state index in [1.54, 1.807) is 46.5 Å². The Morgan fingerprint density at radius 3 is 2.03 bits per heavy atom. The maximum atomic E-state index is 9.05. The molecular formula is C60H48N4O. The molecule has 3 aromatic heterocycles. The van der Waals surface area contributed by atoms with Crippen LogP contribution in [-0.4, -0.2) is 14.1 Å². The van der Waals surface area contributed by atoms with E-state index in [0.717, 1.165) is 32.9 Å². The van der Waals surface area contributed by atoms with Crippen molar-refractivity contribution < 1.29 is 25.8 Å². The lowest BCUT2D eigenvalue weighted by Crippen LogP contribution is -2.31. The summed E-state index contributed by atoms with van der Waals surface area (Å²) in [5.74, 6) is 1.51. The summed E-state index contributed by atoms with van der Waals surface area (Å²) in [7, 11) is 0. The summed E-state index contributed by atoms with van der Waals surface area (Å²) in [4.78, 5) is 5.00. The van der Waals surface area contributed by atoms with Crippen LogP contribution in [0.2, 0.25) is 0 Å². The molecule has 3 heterocycles. The fourth-order valence-electron chi connectivity index (χ4n) is 8.60. The van der Waals surface area contributed by atoms with Gasteiger partial charge in [-0.05, 0) is 99.3 Å². The van der Waals surface area contributed by atoms with Crippen LogP contribution in [0.4, 0.5) is 0 Å². The van der Waals surface area contributed by atoms with Gasteiger partial charge in [-0.1, -0.05) is 173 Å². The van der Waals surface area contributed by atoms with Crippen LogP contribution >= 0.6 is 0 Å². The summed E-state index contributed by atoms with van der Waals surface area (Å²) >= 11 is 0. The van der Waals surface area contributed by atoms with Gasteiger partial charge in [-0.3, -0.25) is 13.7 Å². The molecule has 0 aliphatic heterocycles. The van der Waals surface area contributed by atoms with Gasteiger partial charge in [0.05, 0.1) is 47.1 Å². The molecule has 0 unspecified atom stereocenters. The number of hydrogen-bond acceptors (Lipinski definition) is 2. The summed E-state index contributed by atoms with van der Waals surface area (Å²) in [5.41, 5.74) is 6.65. The number of hydrogen-bond donors (Lipinski definition) is 0. The molecule has 0 spiro atoms. The third kappa shape index (κ3) is 7.25. The van der Waals surface area contributed by atoms with Crippen molar-refractivity contribution >= 4 is 32.8 Å². The molecule has 11 aromatic rings. The molecule has 0 bridgehead atoms. The molecule has 0 fully saturated rings. The zero-order chi connectivity index (χ0) is 54.6. The second-order valence-corrected chi connectivity index (χ2v) is 16.8. The summed E-state index contributed by atoms with van der Waals surface area (Å²) in [5, 5.41) is 1.95. The molecular weight excluding hydrogens is 793 g/mol. The molecule has 11 rings (SSSR count). The zero-order valence-corrected chi connectivity index (χ0v) is 36.1. The van der Waals surface area contributed by atoms with Gasteiger partial charge in [-0.2, -0.15) is 0 Å². The van der Waals surface area contributed by atoms with Crippen molar-refractivity contribution in [1.82, 2.24) is 14.1 Å². The lowest BCUT2D eigenvalue weighted by molar-refractivity contribution is -0.571. The number of aryl methyl sites for hydroxylation is 1. The average molecular weight is 853 g/mol. The van der Waals surface area contributed by atoms with Gasteiger partial charge in [-0.25, -0.2) is 4.98 Å². The molecule has 0 aliphatic carbocycles.